The molecule has 0 saturated heterocycles. The van der Waals surface area contributed by atoms with E-state index in [4.69, 9.17) is 0 Å². The van der Waals surface area contributed by atoms with Crippen LogP contribution in [0.4, 0.5) is 5.69 Å². The molecular formula is C29H34N2O3S3. The molecule has 0 saturated carbocycles. The van der Waals surface area contributed by atoms with Crippen LogP contribution in [-0.2, 0) is 16.7 Å². The van der Waals surface area contributed by atoms with Crippen LogP contribution in [0.3, 0.4) is 0 Å². The van der Waals surface area contributed by atoms with Crippen molar-refractivity contribution in [3.05, 3.63) is 81.9 Å². The summed E-state index contributed by atoms with van der Waals surface area (Å²) in [4.78, 5) is 1.31. The Labute approximate surface area is 228 Å². The van der Waals surface area contributed by atoms with Crippen LogP contribution in [0, 0.1) is 5.41 Å². The van der Waals surface area contributed by atoms with Gasteiger partial charge in [-0.1, -0.05) is 74.2 Å². The SMILES string of the molecule is CCCS(=O)(=O)[O-].CC[n+]1c(/C=C2C=C(/C=C3/Nc4ccccc4S3)CC(C)(C)C/2)sc2ccccc21. The van der Waals surface area contributed by atoms with Crippen molar-refractivity contribution in [1.29, 1.82) is 0 Å². The maximum atomic E-state index is 9.68. The average molecular weight is 555 g/mol. The zero-order valence-corrected chi connectivity index (χ0v) is 24.2. The Balaban J connectivity index is 0.000000405. The van der Waals surface area contributed by atoms with Gasteiger partial charge in [0, 0.05) is 22.8 Å². The summed E-state index contributed by atoms with van der Waals surface area (Å²) in [5.74, 6) is -0.243. The summed E-state index contributed by atoms with van der Waals surface area (Å²) in [5.41, 5.74) is 5.64. The second kappa shape index (κ2) is 11.6. The molecule has 0 atom stereocenters. The molecule has 1 aliphatic carbocycles. The third kappa shape index (κ3) is 7.35. The third-order valence-electron chi connectivity index (χ3n) is 6.13. The van der Waals surface area contributed by atoms with Crippen molar-refractivity contribution in [2.24, 2.45) is 5.41 Å². The number of anilines is 1. The molecule has 0 amide bonds. The molecule has 0 radical (unpaired) electrons. The lowest BCUT2D eigenvalue weighted by Crippen LogP contribution is -2.33. The molecule has 5 nitrogen and oxygen atoms in total. The lowest BCUT2D eigenvalue weighted by atomic mass is 9.75. The van der Waals surface area contributed by atoms with Gasteiger partial charge < -0.3 is 9.87 Å². The Kier molecular flexibility index (Phi) is 8.63. The van der Waals surface area contributed by atoms with Crippen molar-refractivity contribution in [1.82, 2.24) is 0 Å². The van der Waals surface area contributed by atoms with Gasteiger partial charge in [-0.2, -0.15) is 4.57 Å². The second-order valence-corrected chi connectivity index (χ2v) is 13.8. The first-order valence-electron chi connectivity index (χ1n) is 12.6. The molecule has 0 unspecified atom stereocenters. The maximum Gasteiger partial charge on any atom is 0.263 e. The number of aryl methyl sites for hydroxylation is 1. The zero-order chi connectivity index (χ0) is 26.6. The van der Waals surface area contributed by atoms with E-state index >= 15 is 0 Å². The van der Waals surface area contributed by atoms with Crippen molar-refractivity contribution < 1.29 is 17.5 Å². The van der Waals surface area contributed by atoms with Gasteiger partial charge in [-0.05, 0) is 67.0 Å². The number of aromatic nitrogens is 1. The number of nitrogens with zero attached hydrogens (tertiary/aromatic N) is 1. The van der Waals surface area contributed by atoms with Gasteiger partial charge in [0.15, 0.2) is 0 Å². The lowest BCUT2D eigenvalue weighted by Gasteiger charge is -2.30. The van der Waals surface area contributed by atoms with E-state index in [-0.39, 0.29) is 11.2 Å². The van der Waals surface area contributed by atoms with Crippen LogP contribution in [0.2, 0.25) is 0 Å². The number of fused-ring (bicyclic) bond motifs is 2. The van der Waals surface area contributed by atoms with Crippen LogP contribution >= 0.6 is 23.1 Å². The molecule has 2 heterocycles. The van der Waals surface area contributed by atoms with Gasteiger partial charge in [-0.25, -0.2) is 8.42 Å². The number of para-hydroxylation sites is 2. The number of hydrogen-bond acceptors (Lipinski definition) is 6. The molecule has 1 N–H and O–H groups in total. The number of allylic oxidation sites excluding steroid dienone is 4. The van der Waals surface area contributed by atoms with Crippen molar-refractivity contribution in [2.75, 3.05) is 11.1 Å². The predicted molar refractivity (Wildman–Crippen MR) is 156 cm³/mol. The van der Waals surface area contributed by atoms with Gasteiger partial charge in [-0.15, -0.1) is 0 Å². The van der Waals surface area contributed by atoms with E-state index in [9.17, 15) is 13.0 Å². The summed E-state index contributed by atoms with van der Waals surface area (Å²) in [6, 6.07) is 17.3. The molecular weight excluding hydrogens is 521 g/mol. The fraction of sp³-hybridized carbons (Fsp3) is 0.345. The first-order chi connectivity index (χ1) is 17.6. The van der Waals surface area contributed by atoms with Crippen LogP contribution in [0.15, 0.2) is 81.8 Å². The van der Waals surface area contributed by atoms with Crippen LogP contribution in [-0.4, -0.2) is 18.7 Å². The Morgan fingerprint density at radius 2 is 1.78 bits per heavy atom. The Hall–Kier alpha value is -2.39. The molecule has 3 aromatic rings. The number of benzene rings is 2. The second-order valence-electron chi connectivity index (χ2n) is 10.1. The summed E-state index contributed by atoms with van der Waals surface area (Å²) in [6.45, 7) is 9.64. The molecule has 1 aliphatic heterocycles. The van der Waals surface area contributed by atoms with Gasteiger partial charge in [0.25, 0.3) is 5.01 Å². The van der Waals surface area contributed by atoms with Crippen LogP contribution < -0.4 is 9.88 Å². The predicted octanol–water partition coefficient (Wildman–Crippen LogP) is 7.34. The van der Waals surface area contributed by atoms with Gasteiger partial charge in [-0.3, -0.25) is 0 Å². The topological polar surface area (TPSA) is 73.1 Å². The Bertz CT molecular complexity index is 1450. The minimum atomic E-state index is -3.92. The smallest absolute Gasteiger partial charge is 0.263 e. The third-order valence-corrected chi connectivity index (χ3v) is 9.17. The highest BCUT2D eigenvalue weighted by Gasteiger charge is 2.27. The van der Waals surface area contributed by atoms with Gasteiger partial charge >= 0.3 is 0 Å². The summed E-state index contributed by atoms with van der Waals surface area (Å²) in [7, 11) is -3.92. The van der Waals surface area contributed by atoms with Crippen LogP contribution in [0.25, 0.3) is 16.3 Å². The number of hydrogen-bond donors (Lipinski definition) is 1. The molecule has 5 rings (SSSR count). The fourth-order valence-electron chi connectivity index (χ4n) is 4.76. The van der Waals surface area contributed by atoms with Crippen molar-refractivity contribution in [2.45, 2.75) is 58.4 Å². The fourth-order valence-corrected chi connectivity index (χ4v) is 7.44. The van der Waals surface area contributed by atoms with Crippen LogP contribution in [0.5, 0.6) is 0 Å². The molecule has 0 bridgehead atoms. The number of thiazole rings is 1. The van der Waals surface area contributed by atoms with Crippen molar-refractivity contribution in [3.8, 4) is 0 Å². The van der Waals surface area contributed by atoms with Gasteiger partial charge in [0.05, 0.1) is 20.8 Å². The highest BCUT2D eigenvalue weighted by atomic mass is 32.2. The highest BCUT2D eigenvalue weighted by Crippen LogP contribution is 2.44. The molecule has 0 spiro atoms. The number of nitrogens with one attached hydrogen (secondary N) is 1. The van der Waals surface area contributed by atoms with E-state index in [1.165, 1.54) is 42.0 Å². The van der Waals surface area contributed by atoms with Crippen molar-refractivity contribution >= 4 is 55.2 Å². The quantitative estimate of drug-likeness (QED) is 0.264. The molecule has 196 valence electrons. The van der Waals surface area contributed by atoms with E-state index < -0.39 is 10.1 Å². The minimum absolute atomic E-state index is 0.243. The summed E-state index contributed by atoms with van der Waals surface area (Å²) >= 11 is 3.73. The van der Waals surface area contributed by atoms with E-state index in [1.54, 1.807) is 6.92 Å². The Morgan fingerprint density at radius 1 is 1.05 bits per heavy atom. The maximum absolute atomic E-state index is 9.68. The standard InChI is InChI=1S/C26H26N2S2.C3H8O3S/c1-4-28-21-10-6-8-12-23(21)30-25(28)15-19-13-18(16-26(2,3)17-19)14-24-27-20-9-5-7-11-22(20)29-24;1-2-3-7(4,5)6/h5-15H,4,16-17H2,1-3H3;2-3H2,1H3,(H,4,5,6). The summed E-state index contributed by atoms with van der Waals surface area (Å²) in [6.07, 6.45) is 9.79. The summed E-state index contributed by atoms with van der Waals surface area (Å²) < 4.78 is 32.8. The van der Waals surface area contributed by atoms with E-state index in [0.717, 1.165) is 19.4 Å². The highest BCUT2D eigenvalue weighted by molar-refractivity contribution is 8.03. The number of rotatable bonds is 5. The molecule has 8 heteroatoms. The molecule has 37 heavy (non-hydrogen) atoms. The zero-order valence-electron chi connectivity index (χ0n) is 21.8. The van der Waals surface area contributed by atoms with Crippen molar-refractivity contribution in [3.63, 3.8) is 0 Å². The first-order valence-corrected chi connectivity index (χ1v) is 15.8. The minimum Gasteiger partial charge on any atom is -0.748 e. The number of thioether (sulfide) groups is 1. The molecule has 1 aromatic heterocycles. The van der Waals surface area contributed by atoms with E-state index in [1.807, 2.05) is 23.1 Å². The van der Waals surface area contributed by atoms with E-state index in [2.05, 4.69) is 97.4 Å². The molecule has 0 fully saturated rings. The van der Waals surface area contributed by atoms with Crippen LogP contribution in [0.1, 0.15) is 52.0 Å². The largest absolute Gasteiger partial charge is 0.748 e. The summed E-state index contributed by atoms with van der Waals surface area (Å²) in [5, 5.41) is 6.14. The van der Waals surface area contributed by atoms with Gasteiger partial charge in [0.2, 0.25) is 5.52 Å². The van der Waals surface area contributed by atoms with E-state index in [0.29, 0.717) is 6.42 Å². The Morgan fingerprint density at radius 3 is 2.46 bits per heavy atom. The molecule has 2 aliphatic rings. The first kappa shape index (κ1) is 27.6. The normalized spacial score (nSPS) is 18.8. The lowest BCUT2D eigenvalue weighted by molar-refractivity contribution is -0.665. The van der Waals surface area contributed by atoms with Gasteiger partial charge in [0.1, 0.15) is 11.2 Å². The average Bonchev–Trinajstić information content (AvgIpc) is 3.37. The molecule has 2 aromatic carbocycles. The monoisotopic (exact) mass is 554 g/mol.